The molecule has 0 spiro atoms. The first-order valence-electron chi connectivity index (χ1n) is 7.47. The fraction of sp³-hybridized carbons (Fsp3) is 0.600. The lowest BCUT2D eigenvalue weighted by atomic mass is 9.99. The summed E-state index contributed by atoms with van der Waals surface area (Å²) < 4.78 is 6.88. The highest BCUT2D eigenvalue weighted by molar-refractivity contribution is 5.67. The van der Waals surface area contributed by atoms with Crippen LogP contribution in [0.15, 0.2) is 27.5 Å². The maximum absolute atomic E-state index is 11.9. The van der Waals surface area contributed by atoms with Crippen LogP contribution in [0.4, 0.5) is 0 Å². The SMILES string of the molecule is CCNC1CCCC1CCn1c(=O)oc2cccnc21. The van der Waals surface area contributed by atoms with Gasteiger partial charge in [0.25, 0.3) is 0 Å². The van der Waals surface area contributed by atoms with Crippen LogP contribution >= 0.6 is 0 Å². The predicted octanol–water partition coefficient (Wildman–Crippen LogP) is 2.16. The number of oxazole rings is 1. The molecule has 1 fully saturated rings. The average Bonchev–Trinajstić information content (AvgIpc) is 3.01. The number of aromatic nitrogens is 2. The van der Waals surface area contributed by atoms with Gasteiger partial charge in [0.15, 0.2) is 11.2 Å². The summed E-state index contributed by atoms with van der Waals surface area (Å²) in [5, 5.41) is 3.55. The summed E-state index contributed by atoms with van der Waals surface area (Å²) in [5.41, 5.74) is 1.24. The molecule has 2 aromatic rings. The van der Waals surface area contributed by atoms with Gasteiger partial charge < -0.3 is 9.73 Å². The van der Waals surface area contributed by atoms with Crippen LogP contribution in [-0.2, 0) is 6.54 Å². The Bertz CT molecular complexity index is 631. The zero-order chi connectivity index (χ0) is 13.9. The molecule has 0 aromatic carbocycles. The van der Waals surface area contributed by atoms with Crippen LogP contribution in [-0.4, -0.2) is 22.1 Å². The van der Waals surface area contributed by atoms with Gasteiger partial charge in [0.1, 0.15) is 0 Å². The third kappa shape index (κ3) is 2.50. The summed E-state index contributed by atoms with van der Waals surface area (Å²) in [5.74, 6) is 0.354. The molecule has 5 heteroatoms. The zero-order valence-corrected chi connectivity index (χ0v) is 11.8. The minimum absolute atomic E-state index is 0.295. The Morgan fingerprint density at radius 3 is 3.25 bits per heavy atom. The summed E-state index contributed by atoms with van der Waals surface area (Å²) in [6, 6.07) is 4.17. The number of nitrogens with one attached hydrogen (secondary N) is 1. The Hall–Kier alpha value is -1.62. The maximum atomic E-state index is 11.9. The lowest BCUT2D eigenvalue weighted by molar-refractivity contribution is 0.360. The molecule has 0 amide bonds. The van der Waals surface area contributed by atoms with Crippen molar-refractivity contribution in [3.8, 4) is 0 Å². The van der Waals surface area contributed by atoms with Crippen molar-refractivity contribution in [1.29, 1.82) is 0 Å². The number of fused-ring (bicyclic) bond motifs is 1. The van der Waals surface area contributed by atoms with E-state index in [-0.39, 0.29) is 5.76 Å². The van der Waals surface area contributed by atoms with E-state index in [1.807, 2.05) is 0 Å². The summed E-state index contributed by atoms with van der Waals surface area (Å²) in [7, 11) is 0. The quantitative estimate of drug-likeness (QED) is 0.908. The zero-order valence-electron chi connectivity index (χ0n) is 11.8. The smallest absolute Gasteiger partial charge is 0.406 e. The standard InChI is InChI=1S/C15H21N3O2/c1-2-16-12-6-3-5-11(12)8-10-18-14-13(20-15(18)19)7-4-9-17-14/h4,7,9,11-12,16H,2-3,5-6,8,10H2,1H3. The van der Waals surface area contributed by atoms with Crippen LogP contribution in [0, 0.1) is 5.92 Å². The molecule has 1 N–H and O–H groups in total. The molecule has 1 aliphatic carbocycles. The molecule has 108 valence electrons. The van der Waals surface area contributed by atoms with E-state index in [0.717, 1.165) is 13.0 Å². The highest BCUT2D eigenvalue weighted by Gasteiger charge is 2.26. The van der Waals surface area contributed by atoms with Gasteiger partial charge in [0.05, 0.1) is 0 Å². The fourth-order valence-electron chi connectivity index (χ4n) is 3.31. The molecule has 5 nitrogen and oxygen atoms in total. The van der Waals surface area contributed by atoms with Gasteiger partial charge in [0, 0.05) is 18.8 Å². The van der Waals surface area contributed by atoms with Crippen molar-refractivity contribution in [2.75, 3.05) is 6.54 Å². The first kappa shape index (κ1) is 13.4. The first-order valence-corrected chi connectivity index (χ1v) is 7.47. The largest absolute Gasteiger partial charge is 0.421 e. The lowest BCUT2D eigenvalue weighted by Crippen LogP contribution is -2.33. The van der Waals surface area contributed by atoms with Crippen LogP contribution in [0.3, 0.4) is 0 Å². The van der Waals surface area contributed by atoms with E-state index in [9.17, 15) is 4.79 Å². The van der Waals surface area contributed by atoms with E-state index < -0.39 is 0 Å². The van der Waals surface area contributed by atoms with Crippen molar-refractivity contribution in [3.05, 3.63) is 28.9 Å². The third-order valence-corrected chi connectivity index (χ3v) is 4.27. The lowest BCUT2D eigenvalue weighted by Gasteiger charge is -2.20. The van der Waals surface area contributed by atoms with Crippen LogP contribution in [0.25, 0.3) is 11.2 Å². The number of nitrogens with zero attached hydrogens (tertiary/aromatic N) is 2. The Morgan fingerprint density at radius 1 is 1.50 bits per heavy atom. The Labute approximate surface area is 118 Å². The van der Waals surface area contributed by atoms with Gasteiger partial charge >= 0.3 is 5.76 Å². The van der Waals surface area contributed by atoms with Crippen molar-refractivity contribution >= 4 is 11.2 Å². The van der Waals surface area contributed by atoms with Crippen molar-refractivity contribution < 1.29 is 4.42 Å². The van der Waals surface area contributed by atoms with Crippen LogP contribution in [0.2, 0.25) is 0 Å². The molecule has 1 aliphatic rings. The fourth-order valence-corrected chi connectivity index (χ4v) is 3.31. The van der Waals surface area contributed by atoms with Gasteiger partial charge in [-0.05, 0) is 43.9 Å². The van der Waals surface area contributed by atoms with Crippen LogP contribution in [0.1, 0.15) is 32.6 Å². The second-order valence-electron chi connectivity index (χ2n) is 5.49. The molecule has 20 heavy (non-hydrogen) atoms. The number of hydrogen-bond donors (Lipinski definition) is 1. The van der Waals surface area contributed by atoms with Crippen molar-refractivity contribution in [3.63, 3.8) is 0 Å². The van der Waals surface area contributed by atoms with Gasteiger partial charge in [-0.25, -0.2) is 9.78 Å². The van der Waals surface area contributed by atoms with E-state index in [2.05, 4.69) is 17.2 Å². The van der Waals surface area contributed by atoms with E-state index in [0.29, 0.717) is 29.7 Å². The summed E-state index contributed by atoms with van der Waals surface area (Å²) in [6.07, 6.45) is 6.47. The highest BCUT2D eigenvalue weighted by Crippen LogP contribution is 2.29. The van der Waals surface area contributed by atoms with Gasteiger partial charge in [-0.3, -0.25) is 4.57 Å². The van der Waals surface area contributed by atoms with E-state index in [1.54, 1.807) is 22.9 Å². The monoisotopic (exact) mass is 275 g/mol. The molecule has 2 atom stereocenters. The molecule has 0 bridgehead atoms. The van der Waals surface area contributed by atoms with E-state index >= 15 is 0 Å². The molecule has 0 aliphatic heterocycles. The summed E-state index contributed by atoms with van der Waals surface area (Å²) in [4.78, 5) is 16.1. The van der Waals surface area contributed by atoms with Crippen molar-refractivity contribution in [1.82, 2.24) is 14.9 Å². The molecule has 1 saturated carbocycles. The van der Waals surface area contributed by atoms with Crippen molar-refractivity contribution in [2.24, 2.45) is 5.92 Å². The van der Waals surface area contributed by atoms with E-state index in [4.69, 9.17) is 4.42 Å². The summed E-state index contributed by atoms with van der Waals surface area (Å²) in [6.45, 7) is 3.85. The number of rotatable bonds is 5. The van der Waals surface area contributed by atoms with E-state index in [1.165, 1.54) is 19.3 Å². The second-order valence-corrected chi connectivity index (χ2v) is 5.49. The minimum Gasteiger partial charge on any atom is -0.406 e. The highest BCUT2D eigenvalue weighted by atomic mass is 16.4. The molecule has 2 unspecified atom stereocenters. The topological polar surface area (TPSA) is 60.1 Å². The normalized spacial score (nSPS) is 22.6. The predicted molar refractivity (Wildman–Crippen MR) is 77.7 cm³/mol. The van der Waals surface area contributed by atoms with Crippen molar-refractivity contribution in [2.45, 2.75) is 45.2 Å². The number of hydrogen-bond acceptors (Lipinski definition) is 4. The van der Waals surface area contributed by atoms with Crippen LogP contribution in [0.5, 0.6) is 0 Å². The van der Waals surface area contributed by atoms with Gasteiger partial charge in [-0.15, -0.1) is 0 Å². The Kier molecular flexibility index (Phi) is 3.87. The number of aryl methyl sites for hydroxylation is 1. The minimum atomic E-state index is -0.295. The molecule has 3 rings (SSSR count). The molecular formula is C15H21N3O2. The molecule has 0 radical (unpaired) electrons. The Balaban J connectivity index is 1.74. The molecule has 2 heterocycles. The van der Waals surface area contributed by atoms with Crippen LogP contribution < -0.4 is 11.1 Å². The number of pyridine rings is 1. The maximum Gasteiger partial charge on any atom is 0.421 e. The van der Waals surface area contributed by atoms with Gasteiger partial charge in [-0.2, -0.15) is 0 Å². The first-order chi connectivity index (χ1) is 9.79. The third-order valence-electron chi connectivity index (χ3n) is 4.27. The molecular weight excluding hydrogens is 254 g/mol. The molecule has 2 aromatic heterocycles. The average molecular weight is 275 g/mol. The Morgan fingerprint density at radius 2 is 2.40 bits per heavy atom. The second kappa shape index (κ2) is 5.79. The van der Waals surface area contributed by atoms with Gasteiger partial charge in [0.2, 0.25) is 0 Å². The van der Waals surface area contributed by atoms with Gasteiger partial charge in [-0.1, -0.05) is 13.3 Å². The molecule has 0 saturated heterocycles. The summed E-state index contributed by atoms with van der Waals surface area (Å²) >= 11 is 0.